The van der Waals surface area contributed by atoms with E-state index in [1.165, 1.54) is 11.8 Å². The number of fused-ring (bicyclic) bond motifs is 2. The number of hydrogen-bond donors (Lipinski definition) is 2. The molecule has 1 aromatic carbocycles. The van der Waals surface area contributed by atoms with Crippen molar-refractivity contribution in [3.8, 4) is 17.2 Å². The van der Waals surface area contributed by atoms with E-state index in [1.807, 2.05) is 30.7 Å². The fourth-order valence-electron chi connectivity index (χ4n) is 4.50. The number of hydrogen-bond acceptors (Lipinski definition) is 7. The lowest BCUT2D eigenvalue weighted by atomic mass is 9.94. The average molecular weight is 448 g/mol. The SMILES string of the molecule is COc1cc([C@@H]2SCC(=O)Nc3c2c(=O)[nH]n3[C@H]2CCOC(C)(C)C2)cc2c1OCO2. The summed E-state index contributed by atoms with van der Waals surface area (Å²) in [5.74, 6) is 2.29. The van der Waals surface area contributed by atoms with E-state index in [2.05, 4.69) is 10.4 Å². The van der Waals surface area contributed by atoms with Crippen molar-refractivity contribution < 1.29 is 23.7 Å². The summed E-state index contributed by atoms with van der Waals surface area (Å²) in [5.41, 5.74) is 0.834. The van der Waals surface area contributed by atoms with E-state index in [9.17, 15) is 9.59 Å². The number of amides is 1. The summed E-state index contributed by atoms with van der Waals surface area (Å²) < 4.78 is 24.2. The highest BCUT2D eigenvalue weighted by Gasteiger charge is 2.36. The number of rotatable bonds is 3. The third-order valence-electron chi connectivity index (χ3n) is 5.88. The molecule has 1 saturated heterocycles. The number of anilines is 1. The monoisotopic (exact) mass is 447 g/mol. The molecule has 31 heavy (non-hydrogen) atoms. The molecule has 0 unspecified atom stereocenters. The summed E-state index contributed by atoms with van der Waals surface area (Å²) in [6, 6.07) is 3.73. The lowest BCUT2D eigenvalue weighted by Crippen LogP contribution is -2.36. The van der Waals surface area contributed by atoms with E-state index in [-0.39, 0.29) is 40.9 Å². The maximum absolute atomic E-state index is 13.2. The van der Waals surface area contributed by atoms with Crippen LogP contribution in [0.3, 0.4) is 0 Å². The Kier molecular flexibility index (Phi) is 4.93. The van der Waals surface area contributed by atoms with E-state index < -0.39 is 0 Å². The van der Waals surface area contributed by atoms with Crippen molar-refractivity contribution in [1.29, 1.82) is 0 Å². The summed E-state index contributed by atoms with van der Waals surface area (Å²) in [6.07, 6.45) is 1.49. The minimum atomic E-state index is -0.366. The van der Waals surface area contributed by atoms with E-state index >= 15 is 0 Å². The second kappa shape index (κ2) is 7.52. The highest BCUT2D eigenvalue weighted by molar-refractivity contribution is 8.00. The standard InChI is InChI=1S/C21H25N3O6S/c1-21(2)8-12(4-5-30-21)24-19-16(20(26)23-24)18(31-9-15(25)22-19)11-6-13(27-3)17-14(7-11)28-10-29-17/h6-7,12,18H,4-5,8-10H2,1-3H3,(H,22,25)(H,23,26)/t12-,18-/m0/s1. The number of ether oxygens (including phenoxy) is 4. The van der Waals surface area contributed by atoms with E-state index in [1.54, 1.807) is 7.11 Å². The largest absolute Gasteiger partial charge is 0.493 e. The first-order valence-electron chi connectivity index (χ1n) is 10.2. The van der Waals surface area contributed by atoms with E-state index in [0.29, 0.717) is 35.2 Å². The molecule has 3 aliphatic heterocycles. The zero-order valence-corrected chi connectivity index (χ0v) is 18.5. The molecule has 1 aromatic heterocycles. The van der Waals surface area contributed by atoms with Gasteiger partial charge in [0.05, 0.1) is 35.3 Å². The summed E-state index contributed by atoms with van der Waals surface area (Å²) in [6.45, 7) is 4.79. The first-order valence-corrected chi connectivity index (χ1v) is 11.3. The maximum Gasteiger partial charge on any atom is 0.270 e. The van der Waals surface area contributed by atoms with Gasteiger partial charge in [-0.05, 0) is 44.4 Å². The molecule has 166 valence electrons. The first-order chi connectivity index (χ1) is 14.9. The molecule has 10 heteroatoms. The summed E-state index contributed by atoms with van der Waals surface area (Å²) in [7, 11) is 1.56. The van der Waals surface area contributed by atoms with Gasteiger partial charge in [0.25, 0.3) is 5.56 Å². The predicted octanol–water partition coefficient (Wildman–Crippen LogP) is 2.82. The zero-order valence-electron chi connectivity index (χ0n) is 17.6. The molecule has 2 aromatic rings. The van der Waals surface area contributed by atoms with Crippen LogP contribution < -0.4 is 25.1 Å². The Hall–Kier alpha value is -2.59. The van der Waals surface area contributed by atoms with Gasteiger partial charge in [-0.1, -0.05) is 0 Å². The molecule has 5 rings (SSSR count). The number of aromatic nitrogens is 2. The molecule has 9 nitrogen and oxygen atoms in total. The number of thioether (sulfide) groups is 1. The van der Waals surface area contributed by atoms with E-state index in [4.69, 9.17) is 18.9 Å². The molecule has 0 aliphatic carbocycles. The van der Waals surface area contributed by atoms with Gasteiger partial charge in [-0.2, -0.15) is 0 Å². The van der Waals surface area contributed by atoms with Crippen LogP contribution in [-0.2, 0) is 9.53 Å². The topological polar surface area (TPSA) is 104 Å². The van der Waals surface area contributed by atoms with Crippen molar-refractivity contribution in [2.24, 2.45) is 0 Å². The van der Waals surface area contributed by atoms with Gasteiger partial charge in [0, 0.05) is 6.61 Å². The van der Waals surface area contributed by atoms with Gasteiger partial charge in [-0.3, -0.25) is 19.4 Å². The maximum atomic E-state index is 13.2. The van der Waals surface area contributed by atoms with Gasteiger partial charge in [0.15, 0.2) is 11.5 Å². The van der Waals surface area contributed by atoms with Gasteiger partial charge in [-0.25, -0.2) is 0 Å². The fraction of sp³-hybridized carbons (Fsp3) is 0.524. The molecular weight excluding hydrogens is 422 g/mol. The smallest absolute Gasteiger partial charge is 0.270 e. The van der Waals surface area contributed by atoms with Gasteiger partial charge >= 0.3 is 0 Å². The molecule has 1 fully saturated rings. The molecule has 2 atom stereocenters. The van der Waals surface area contributed by atoms with Crippen molar-refractivity contribution in [2.45, 2.75) is 43.6 Å². The molecular formula is C21H25N3O6S. The lowest BCUT2D eigenvalue weighted by Gasteiger charge is -2.36. The van der Waals surface area contributed by atoms with Crippen molar-refractivity contribution in [2.75, 3.05) is 31.6 Å². The number of H-pyrrole nitrogens is 1. The predicted molar refractivity (Wildman–Crippen MR) is 115 cm³/mol. The van der Waals surface area contributed by atoms with Crippen LogP contribution in [0.4, 0.5) is 5.82 Å². The molecule has 4 heterocycles. The van der Waals surface area contributed by atoms with Gasteiger partial charge in [-0.15, -0.1) is 11.8 Å². The Bertz CT molecular complexity index is 1090. The van der Waals surface area contributed by atoms with Crippen LogP contribution >= 0.6 is 11.8 Å². The minimum Gasteiger partial charge on any atom is -0.493 e. The van der Waals surface area contributed by atoms with Gasteiger partial charge in [0.2, 0.25) is 18.4 Å². The molecule has 0 saturated carbocycles. The Balaban J connectivity index is 1.61. The highest BCUT2D eigenvalue weighted by Crippen LogP contribution is 2.48. The van der Waals surface area contributed by atoms with Crippen LogP contribution in [-0.4, -0.2) is 47.6 Å². The highest BCUT2D eigenvalue weighted by atomic mass is 32.2. The summed E-state index contributed by atoms with van der Waals surface area (Å²) in [5, 5.41) is 5.58. The second-order valence-corrected chi connectivity index (χ2v) is 9.62. The molecule has 2 N–H and O–H groups in total. The average Bonchev–Trinajstić information content (AvgIpc) is 3.27. The molecule has 0 radical (unpaired) electrons. The normalized spacial score (nSPS) is 24.3. The third kappa shape index (κ3) is 3.57. The molecule has 0 spiro atoms. The third-order valence-corrected chi connectivity index (χ3v) is 7.15. The number of nitrogens with zero attached hydrogens (tertiary/aromatic N) is 1. The minimum absolute atomic E-state index is 0.0236. The number of benzene rings is 1. The number of aromatic amines is 1. The lowest BCUT2D eigenvalue weighted by molar-refractivity contribution is -0.113. The van der Waals surface area contributed by atoms with Crippen molar-refractivity contribution in [1.82, 2.24) is 9.78 Å². The summed E-state index contributed by atoms with van der Waals surface area (Å²) >= 11 is 1.40. The molecule has 1 amide bonds. The number of methoxy groups -OCH3 is 1. The Morgan fingerprint density at radius 1 is 1.26 bits per heavy atom. The summed E-state index contributed by atoms with van der Waals surface area (Å²) in [4.78, 5) is 25.7. The van der Waals surface area contributed by atoms with Crippen LogP contribution in [0.2, 0.25) is 0 Å². The number of nitrogens with one attached hydrogen (secondary N) is 2. The van der Waals surface area contributed by atoms with Crippen LogP contribution in [0.15, 0.2) is 16.9 Å². The second-order valence-electron chi connectivity index (χ2n) is 8.52. The van der Waals surface area contributed by atoms with Crippen LogP contribution in [0, 0.1) is 0 Å². The number of carbonyl (C=O) groups excluding carboxylic acids is 1. The zero-order chi connectivity index (χ0) is 21.8. The van der Waals surface area contributed by atoms with Gasteiger partial charge < -0.3 is 24.3 Å². The fourth-order valence-corrected chi connectivity index (χ4v) is 5.61. The van der Waals surface area contributed by atoms with Gasteiger partial charge in [0.1, 0.15) is 5.82 Å². The Labute approximate surface area is 183 Å². The first kappa shape index (κ1) is 20.3. The van der Waals surface area contributed by atoms with Crippen molar-refractivity contribution in [3.05, 3.63) is 33.6 Å². The van der Waals surface area contributed by atoms with Crippen molar-refractivity contribution in [3.63, 3.8) is 0 Å². The van der Waals surface area contributed by atoms with Crippen LogP contribution in [0.25, 0.3) is 0 Å². The van der Waals surface area contributed by atoms with E-state index in [0.717, 1.165) is 18.4 Å². The number of carbonyl (C=O) groups is 1. The Morgan fingerprint density at radius 2 is 2.10 bits per heavy atom. The molecule has 0 bridgehead atoms. The van der Waals surface area contributed by atoms with Crippen LogP contribution in [0.5, 0.6) is 17.2 Å². The Morgan fingerprint density at radius 3 is 2.87 bits per heavy atom. The van der Waals surface area contributed by atoms with Crippen LogP contribution in [0.1, 0.15) is 49.1 Å². The quantitative estimate of drug-likeness (QED) is 0.746. The van der Waals surface area contributed by atoms with Crippen molar-refractivity contribution >= 4 is 23.5 Å². The molecule has 3 aliphatic rings.